The molecule has 0 N–H and O–H groups in total. The van der Waals surface area contributed by atoms with Gasteiger partial charge in [-0.2, -0.15) is 11.3 Å². The molecule has 2 rings (SSSR count). The molecule has 0 atom stereocenters. The van der Waals surface area contributed by atoms with E-state index < -0.39 is 0 Å². The van der Waals surface area contributed by atoms with Crippen LogP contribution < -0.4 is 4.74 Å². The van der Waals surface area contributed by atoms with Crippen molar-refractivity contribution in [2.45, 2.75) is 12.8 Å². The number of hydrogen-bond donors (Lipinski definition) is 0. The summed E-state index contributed by atoms with van der Waals surface area (Å²) >= 11 is 3.04. The third kappa shape index (κ3) is 3.14. The maximum absolute atomic E-state index is 11.4. The SMILES string of the molecule is O=C(CCc1ccsc1)Oc1cscn1. The Bertz CT molecular complexity index is 409. The Labute approximate surface area is 95.4 Å². The molecule has 0 aliphatic rings. The first-order valence-electron chi connectivity index (χ1n) is 4.44. The van der Waals surface area contributed by atoms with Crippen molar-refractivity contribution in [3.05, 3.63) is 33.3 Å². The Balaban J connectivity index is 1.78. The molecule has 0 bridgehead atoms. The summed E-state index contributed by atoms with van der Waals surface area (Å²) in [6.45, 7) is 0. The van der Waals surface area contributed by atoms with E-state index in [4.69, 9.17) is 4.74 Å². The predicted molar refractivity (Wildman–Crippen MR) is 60.4 cm³/mol. The Morgan fingerprint density at radius 3 is 3.00 bits per heavy atom. The molecule has 0 radical (unpaired) electrons. The van der Waals surface area contributed by atoms with Gasteiger partial charge in [-0.3, -0.25) is 4.79 Å². The maximum atomic E-state index is 11.4. The van der Waals surface area contributed by atoms with Crippen molar-refractivity contribution < 1.29 is 9.53 Å². The number of thiazole rings is 1. The van der Waals surface area contributed by atoms with E-state index in [0.29, 0.717) is 12.3 Å². The number of hydrogen-bond acceptors (Lipinski definition) is 5. The Morgan fingerprint density at radius 2 is 2.33 bits per heavy atom. The first-order chi connectivity index (χ1) is 7.34. The summed E-state index contributed by atoms with van der Waals surface area (Å²) in [5, 5.41) is 5.75. The van der Waals surface area contributed by atoms with E-state index in [9.17, 15) is 4.79 Å². The Hall–Kier alpha value is -1.20. The average Bonchev–Trinajstić information content (AvgIpc) is 2.86. The molecule has 0 spiro atoms. The zero-order valence-electron chi connectivity index (χ0n) is 7.88. The maximum Gasteiger partial charge on any atom is 0.312 e. The lowest BCUT2D eigenvalue weighted by Crippen LogP contribution is -2.08. The molecule has 0 aliphatic heterocycles. The van der Waals surface area contributed by atoms with Crippen molar-refractivity contribution in [1.29, 1.82) is 0 Å². The fourth-order valence-electron chi connectivity index (χ4n) is 1.10. The molecule has 0 amide bonds. The molecule has 0 unspecified atom stereocenters. The molecule has 5 heteroatoms. The smallest absolute Gasteiger partial charge is 0.312 e. The third-order valence-electron chi connectivity index (χ3n) is 1.83. The van der Waals surface area contributed by atoms with Gasteiger partial charge in [0.1, 0.15) is 0 Å². The first kappa shape index (κ1) is 10.3. The molecule has 15 heavy (non-hydrogen) atoms. The van der Waals surface area contributed by atoms with Crippen LogP contribution in [-0.2, 0) is 11.2 Å². The van der Waals surface area contributed by atoms with E-state index in [-0.39, 0.29) is 5.97 Å². The number of thiophene rings is 1. The highest BCUT2D eigenvalue weighted by atomic mass is 32.1. The van der Waals surface area contributed by atoms with Crippen LogP contribution in [0, 0.1) is 0 Å². The van der Waals surface area contributed by atoms with Crippen LogP contribution in [0.2, 0.25) is 0 Å². The summed E-state index contributed by atoms with van der Waals surface area (Å²) in [6, 6.07) is 2.01. The van der Waals surface area contributed by atoms with Gasteiger partial charge in [-0.15, -0.1) is 11.3 Å². The normalized spacial score (nSPS) is 10.1. The molecule has 0 saturated heterocycles. The fourth-order valence-corrected chi connectivity index (χ4v) is 2.25. The zero-order chi connectivity index (χ0) is 10.5. The molecule has 0 saturated carbocycles. The van der Waals surface area contributed by atoms with Crippen molar-refractivity contribution in [3.8, 4) is 5.88 Å². The van der Waals surface area contributed by atoms with Crippen LogP contribution in [0.25, 0.3) is 0 Å². The van der Waals surface area contributed by atoms with Crippen LogP contribution in [0.5, 0.6) is 5.88 Å². The molecule has 0 aromatic carbocycles. The van der Waals surface area contributed by atoms with Crippen LogP contribution in [0.4, 0.5) is 0 Å². The van der Waals surface area contributed by atoms with E-state index in [1.54, 1.807) is 22.2 Å². The molecule has 0 aliphatic carbocycles. The van der Waals surface area contributed by atoms with E-state index in [1.807, 2.05) is 16.8 Å². The van der Waals surface area contributed by atoms with Crippen molar-refractivity contribution in [2.75, 3.05) is 0 Å². The van der Waals surface area contributed by atoms with Crippen LogP contribution >= 0.6 is 22.7 Å². The highest BCUT2D eigenvalue weighted by Crippen LogP contribution is 2.12. The minimum absolute atomic E-state index is 0.230. The number of esters is 1. The fraction of sp³-hybridized carbons (Fsp3) is 0.200. The number of rotatable bonds is 4. The lowest BCUT2D eigenvalue weighted by Gasteiger charge is -1.99. The number of ether oxygens (including phenoxy) is 1. The standard InChI is InChI=1S/C10H9NO2S2/c12-10(13-9-6-15-7-11-9)2-1-8-3-4-14-5-8/h3-7H,1-2H2. The van der Waals surface area contributed by atoms with Gasteiger partial charge in [-0.1, -0.05) is 0 Å². The summed E-state index contributed by atoms with van der Waals surface area (Å²) < 4.78 is 5.02. The van der Waals surface area contributed by atoms with Crippen molar-refractivity contribution in [3.63, 3.8) is 0 Å². The second-order valence-corrected chi connectivity index (χ2v) is 4.43. The molecule has 2 aromatic rings. The van der Waals surface area contributed by atoms with Gasteiger partial charge < -0.3 is 4.74 Å². The minimum Gasteiger partial charge on any atom is -0.407 e. The summed E-state index contributed by atoms with van der Waals surface area (Å²) in [5.74, 6) is 0.169. The van der Waals surface area contributed by atoms with Crippen LogP contribution in [0.3, 0.4) is 0 Å². The number of carbonyl (C=O) groups excluding carboxylic acids is 1. The highest BCUT2D eigenvalue weighted by Gasteiger charge is 2.06. The number of aryl methyl sites for hydroxylation is 1. The van der Waals surface area contributed by atoms with Crippen LogP contribution in [0.15, 0.2) is 27.7 Å². The van der Waals surface area contributed by atoms with E-state index in [1.165, 1.54) is 16.9 Å². The van der Waals surface area contributed by atoms with E-state index in [0.717, 1.165) is 6.42 Å². The average molecular weight is 239 g/mol. The minimum atomic E-state index is -0.230. The quantitative estimate of drug-likeness (QED) is 0.770. The van der Waals surface area contributed by atoms with Gasteiger partial charge in [0.15, 0.2) is 0 Å². The first-order valence-corrected chi connectivity index (χ1v) is 6.33. The Kier molecular flexibility index (Phi) is 3.47. The summed E-state index contributed by atoms with van der Waals surface area (Å²) in [7, 11) is 0. The van der Waals surface area contributed by atoms with Gasteiger partial charge in [0.2, 0.25) is 5.88 Å². The lowest BCUT2D eigenvalue weighted by atomic mass is 10.2. The summed E-state index contributed by atoms with van der Waals surface area (Å²) in [4.78, 5) is 15.2. The topological polar surface area (TPSA) is 39.2 Å². The van der Waals surface area contributed by atoms with Gasteiger partial charge >= 0.3 is 5.97 Å². The van der Waals surface area contributed by atoms with E-state index in [2.05, 4.69) is 4.98 Å². The molecule has 2 aromatic heterocycles. The second kappa shape index (κ2) is 5.04. The third-order valence-corrected chi connectivity index (χ3v) is 3.12. The van der Waals surface area contributed by atoms with Crippen LogP contribution in [0.1, 0.15) is 12.0 Å². The number of carbonyl (C=O) groups is 1. The predicted octanol–water partition coefficient (Wildman–Crippen LogP) is 2.74. The largest absolute Gasteiger partial charge is 0.407 e. The van der Waals surface area contributed by atoms with Gasteiger partial charge in [0.25, 0.3) is 0 Å². The second-order valence-electron chi connectivity index (χ2n) is 2.93. The van der Waals surface area contributed by atoms with Crippen molar-refractivity contribution in [2.24, 2.45) is 0 Å². The zero-order valence-corrected chi connectivity index (χ0v) is 9.51. The molecule has 3 nitrogen and oxygen atoms in total. The summed E-state index contributed by atoms with van der Waals surface area (Å²) in [6.07, 6.45) is 1.13. The van der Waals surface area contributed by atoms with Gasteiger partial charge in [-0.05, 0) is 28.8 Å². The molecule has 2 heterocycles. The molecular formula is C10H9NO2S2. The van der Waals surface area contributed by atoms with Gasteiger partial charge in [0.05, 0.1) is 17.3 Å². The van der Waals surface area contributed by atoms with Crippen molar-refractivity contribution in [1.82, 2.24) is 4.98 Å². The molecule has 0 fully saturated rings. The molecular weight excluding hydrogens is 230 g/mol. The van der Waals surface area contributed by atoms with Gasteiger partial charge in [0, 0.05) is 0 Å². The van der Waals surface area contributed by atoms with Crippen molar-refractivity contribution >= 4 is 28.6 Å². The number of aromatic nitrogens is 1. The number of nitrogens with zero attached hydrogens (tertiary/aromatic N) is 1. The monoisotopic (exact) mass is 239 g/mol. The van der Waals surface area contributed by atoms with E-state index >= 15 is 0 Å². The lowest BCUT2D eigenvalue weighted by molar-refractivity contribution is -0.134. The Morgan fingerprint density at radius 1 is 1.40 bits per heavy atom. The molecule has 78 valence electrons. The van der Waals surface area contributed by atoms with Gasteiger partial charge in [-0.25, -0.2) is 4.98 Å². The summed E-state index contributed by atoms with van der Waals surface area (Å²) in [5.41, 5.74) is 2.82. The van der Waals surface area contributed by atoms with Crippen LogP contribution in [-0.4, -0.2) is 11.0 Å². The highest BCUT2D eigenvalue weighted by molar-refractivity contribution is 7.08.